The summed E-state index contributed by atoms with van der Waals surface area (Å²) < 4.78 is 0. The monoisotopic (exact) mass is 347 g/mol. The molecule has 0 radical (unpaired) electrons. The Kier molecular flexibility index (Phi) is 4.02. The number of nitrogens with one attached hydrogen (secondary N) is 3. The summed E-state index contributed by atoms with van der Waals surface area (Å²) in [4.78, 5) is 30.7. The molecule has 0 aliphatic rings. The van der Waals surface area contributed by atoms with Gasteiger partial charge in [-0.05, 0) is 12.1 Å². The van der Waals surface area contributed by atoms with E-state index in [1.54, 1.807) is 12.3 Å². The zero-order chi connectivity index (χ0) is 18.1. The number of aliphatic hydroxyl groups is 1. The molecule has 0 saturated carbocycles. The first-order chi connectivity index (χ1) is 12.6. The van der Waals surface area contributed by atoms with Crippen LogP contribution in [0, 0.1) is 0 Å². The molecule has 6 heteroatoms. The number of para-hydroxylation sites is 2. The van der Waals surface area contributed by atoms with E-state index in [4.69, 9.17) is 0 Å². The maximum atomic E-state index is 12.4. The zero-order valence-corrected chi connectivity index (χ0v) is 13.8. The maximum Gasteiger partial charge on any atom is 0.292 e. The number of benzene rings is 2. The molecule has 1 unspecified atom stereocenters. The second-order valence-corrected chi connectivity index (χ2v) is 6.09. The highest BCUT2D eigenvalue weighted by molar-refractivity contribution is 6.44. The maximum absolute atomic E-state index is 12.4. The number of hydrogen-bond donors (Lipinski definition) is 4. The van der Waals surface area contributed by atoms with Crippen molar-refractivity contribution in [1.29, 1.82) is 0 Å². The Bertz CT molecular complexity index is 1110. The van der Waals surface area contributed by atoms with E-state index in [0.717, 1.165) is 16.4 Å². The number of fused-ring (bicyclic) bond motifs is 2. The first kappa shape index (κ1) is 16.1. The van der Waals surface area contributed by atoms with E-state index in [0.29, 0.717) is 16.5 Å². The van der Waals surface area contributed by atoms with Crippen LogP contribution < -0.4 is 5.32 Å². The number of rotatable bonds is 5. The normalized spacial score (nSPS) is 12.3. The van der Waals surface area contributed by atoms with Gasteiger partial charge in [0, 0.05) is 46.3 Å². The minimum atomic E-state index is -0.911. The van der Waals surface area contributed by atoms with Crippen LogP contribution in [0.2, 0.25) is 0 Å². The number of carbonyl (C=O) groups is 2. The van der Waals surface area contributed by atoms with Crippen LogP contribution >= 0.6 is 0 Å². The molecule has 0 saturated heterocycles. The standard InChI is InChI=1S/C20H17N3O3/c24-18(14-9-21-16-7-3-1-5-12(14)16)11-23-20(26)19(25)15-10-22-17-8-4-2-6-13(15)17/h1-10,18,21-22,24H,11H2,(H,23,26). The minimum Gasteiger partial charge on any atom is -0.386 e. The predicted molar refractivity (Wildman–Crippen MR) is 98.9 cm³/mol. The van der Waals surface area contributed by atoms with Gasteiger partial charge in [-0.2, -0.15) is 0 Å². The number of hydrogen-bond acceptors (Lipinski definition) is 3. The van der Waals surface area contributed by atoms with Gasteiger partial charge in [-0.15, -0.1) is 0 Å². The van der Waals surface area contributed by atoms with Crippen molar-refractivity contribution < 1.29 is 14.7 Å². The Labute approximate surface area is 148 Å². The second-order valence-electron chi connectivity index (χ2n) is 6.09. The number of H-pyrrole nitrogens is 2. The SMILES string of the molecule is O=C(NCC(O)c1c[nH]c2ccccc12)C(=O)c1c[nH]c2ccccc12. The Hall–Kier alpha value is -3.38. The van der Waals surface area contributed by atoms with Crippen molar-refractivity contribution in [2.24, 2.45) is 0 Å². The quantitative estimate of drug-likeness (QED) is 0.330. The molecule has 0 spiro atoms. The molecule has 26 heavy (non-hydrogen) atoms. The highest BCUT2D eigenvalue weighted by atomic mass is 16.3. The van der Waals surface area contributed by atoms with Crippen LogP contribution in [-0.4, -0.2) is 33.3 Å². The van der Waals surface area contributed by atoms with Gasteiger partial charge in [0.05, 0.1) is 11.7 Å². The van der Waals surface area contributed by atoms with E-state index in [9.17, 15) is 14.7 Å². The van der Waals surface area contributed by atoms with Crippen molar-refractivity contribution in [3.05, 3.63) is 72.1 Å². The molecule has 0 aliphatic carbocycles. The lowest BCUT2D eigenvalue weighted by atomic mass is 10.1. The molecule has 1 atom stereocenters. The fourth-order valence-corrected chi connectivity index (χ4v) is 3.13. The third-order valence-corrected chi connectivity index (χ3v) is 4.48. The minimum absolute atomic E-state index is 0.0468. The summed E-state index contributed by atoms with van der Waals surface area (Å²) in [6, 6.07) is 14.9. The molecule has 1 amide bonds. The Balaban J connectivity index is 1.47. The molecule has 4 rings (SSSR count). The van der Waals surface area contributed by atoms with Gasteiger partial charge in [0.25, 0.3) is 11.7 Å². The zero-order valence-electron chi connectivity index (χ0n) is 13.8. The number of aromatic amines is 2. The highest BCUT2D eigenvalue weighted by Crippen LogP contribution is 2.23. The van der Waals surface area contributed by atoms with Crippen LogP contribution in [0.15, 0.2) is 60.9 Å². The molecule has 2 aromatic carbocycles. The van der Waals surface area contributed by atoms with Crippen LogP contribution in [0.25, 0.3) is 21.8 Å². The summed E-state index contributed by atoms with van der Waals surface area (Å²) >= 11 is 0. The fraction of sp³-hybridized carbons (Fsp3) is 0.100. The number of amides is 1. The van der Waals surface area contributed by atoms with E-state index in [2.05, 4.69) is 15.3 Å². The fourth-order valence-electron chi connectivity index (χ4n) is 3.13. The van der Waals surface area contributed by atoms with E-state index in [-0.39, 0.29) is 6.54 Å². The molecule has 2 heterocycles. The van der Waals surface area contributed by atoms with Crippen LogP contribution in [0.3, 0.4) is 0 Å². The van der Waals surface area contributed by atoms with Gasteiger partial charge in [0.1, 0.15) is 0 Å². The third kappa shape index (κ3) is 2.76. The Morgan fingerprint density at radius 1 is 0.923 bits per heavy atom. The van der Waals surface area contributed by atoms with Gasteiger partial charge in [0.2, 0.25) is 0 Å². The van der Waals surface area contributed by atoms with E-state index in [1.807, 2.05) is 42.5 Å². The molecule has 2 aromatic heterocycles. The van der Waals surface area contributed by atoms with Crippen LogP contribution in [0.1, 0.15) is 22.0 Å². The number of ketones is 1. The summed E-state index contributed by atoms with van der Waals surface area (Å²) in [6.45, 7) is -0.0468. The van der Waals surface area contributed by atoms with Crippen LogP contribution in [-0.2, 0) is 4.79 Å². The molecule has 0 fully saturated rings. The van der Waals surface area contributed by atoms with Crippen molar-refractivity contribution in [2.75, 3.05) is 6.54 Å². The van der Waals surface area contributed by atoms with Crippen LogP contribution in [0.4, 0.5) is 0 Å². The largest absolute Gasteiger partial charge is 0.386 e. The first-order valence-corrected chi connectivity index (χ1v) is 8.28. The van der Waals surface area contributed by atoms with Crippen molar-refractivity contribution in [2.45, 2.75) is 6.10 Å². The molecule has 130 valence electrons. The average Bonchev–Trinajstić information content (AvgIpc) is 3.29. The average molecular weight is 347 g/mol. The lowest BCUT2D eigenvalue weighted by Gasteiger charge is -2.11. The lowest BCUT2D eigenvalue weighted by Crippen LogP contribution is -2.34. The van der Waals surface area contributed by atoms with Gasteiger partial charge in [-0.25, -0.2) is 0 Å². The van der Waals surface area contributed by atoms with Crippen molar-refractivity contribution in [3.63, 3.8) is 0 Å². The summed E-state index contributed by atoms with van der Waals surface area (Å²) in [7, 11) is 0. The van der Waals surface area contributed by atoms with Gasteiger partial charge < -0.3 is 20.4 Å². The van der Waals surface area contributed by atoms with Crippen molar-refractivity contribution in [3.8, 4) is 0 Å². The van der Waals surface area contributed by atoms with Gasteiger partial charge in [0.15, 0.2) is 0 Å². The Morgan fingerprint density at radius 2 is 1.54 bits per heavy atom. The third-order valence-electron chi connectivity index (χ3n) is 4.48. The van der Waals surface area contributed by atoms with Crippen molar-refractivity contribution in [1.82, 2.24) is 15.3 Å². The lowest BCUT2D eigenvalue weighted by molar-refractivity contribution is -0.117. The summed E-state index contributed by atoms with van der Waals surface area (Å²) in [5.41, 5.74) is 2.70. The summed E-state index contributed by atoms with van der Waals surface area (Å²) in [5.74, 6) is -1.37. The number of Topliss-reactive ketones (excluding diaryl/α,β-unsaturated/α-hetero) is 1. The topological polar surface area (TPSA) is 98.0 Å². The number of aromatic nitrogens is 2. The molecule has 4 aromatic rings. The van der Waals surface area contributed by atoms with Gasteiger partial charge in [-0.1, -0.05) is 36.4 Å². The molecule has 4 N–H and O–H groups in total. The van der Waals surface area contributed by atoms with E-state index in [1.165, 1.54) is 6.20 Å². The first-order valence-electron chi connectivity index (χ1n) is 8.28. The molecule has 0 aliphatic heterocycles. The summed E-state index contributed by atoms with van der Waals surface area (Å²) in [6.07, 6.45) is 2.33. The predicted octanol–water partition coefficient (Wildman–Crippen LogP) is 2.68. The highest BCUT2D eigenvalue weighted by Gasteiger charge is 2.21. The second kappa shape index (κ2) is 6.50. The van der Waals surface area contributed by atoms with Gasteiger partial charge in [-0.3, -0.25) is 9.59 Å². The summed E-state index contributed by atoms with van der Waals surface area (Å²) in [5, 5.41) is 14.5. The van der Waals surface area contributed by atoms with E-state index < -0.39 is 17.8 Å². The molecular formula is C20H17N3O3. The molecule has 6 nitrogen and oxygen atoms in total. The van der Waals surface area contributed by atoms with Crippen molar-refractivity contribution >= 4 is 33.5 Å². The number of carbonyl (C=O) groups excluding carboxylic acids is 2. The smallest absolute Gasteiger partial charge is 0.292 e. The molecule has 0 bridgehead atoms. The van der Waals surface area contributed by atoms with Crippen LogP contribution in [0.5, 0.6) is 0 Å². The Morgan fingerprint density at radius 3 is 2.31 bits per heavy atom. The van der Waals surface area contributed by atoms with E-state index >= 15 is 0 Å². The number of aliphatic hydroxyl groups excluding tert-OH is 1. The molecular weight excluding hydrogens is 330 g/mol. The van der Waals surface area contributed by atoms with Gasteiger partial charge >= 0.3 is 0 Å².